The fourth-order valence-corrected chi connectivity index (χ4v) is 1.10. The molecule has 6 nitrogen and oxygen atoms in total. The van der Waals surface area contributed by atoms with Crippen molar-refractivity contribution in [1.82, 2.24) is 4.98 Å². The zero-order chi connectivity index (χ0) is 12.0. The Balaban J connectivity index is 2.66. The number of aliphatic hydroxyl groups excluding tert-OH is 1. The molecule has 0 atom stereocenters. The second-order valence-corrected chi connectivity index (χ2v) is 3.16. The van der Waals surface area contributed by atoms with Gasteiger partial charge >= 0.3 is 5.97 Å². The van der Waals surface area contributed by atoms with Gasteiger partial charge in [-0.15, -0.1) is 0 Å². The van der Waals surface area contributed by atoms with Gasteiger partial charge in [-0.05, 0) is 6.07 Å². The molecule has 1 heterocycles. The molecule has 0 aromatic carbocycles. The van der Waals surface area contributed by atoms with E-state index in [-0.39, 0.29) is 12.5 Å². The molecule has 16 heavy (non-hydrogen) atoms. The summed E-state index contributed by atoms with van der Waals surface area (Å²) in [5.41, 5.74) is 0. The Hall–Kier alpha value is -1.82. The highest BCUT2D eigenvalue weighted by molar-refractivity contribution is 5.68. The number of hydrogen-bond donors (Lipinski definition) is 2. The van der Waals surface area contributed by atoms with E-state index >= 15 is 0 Å². The topological polar surface area (TPSA) is 82.9 Å². The Morgan fingerprint density at radius 3 is 2.94 bits per heavy atom. The van der Waals surface area contributed by atoms with E-state index in [1.807, 2.05) is 0 Å². The summed E-state index contributed by atoms with van der Waals surface area (Å²) >= 11 is 0. The SMILES string of the molecule is CN(CCO)c1cccc(OCC(=O)O)n1. The summed E-state index contributed by atoms with van der Waals surface area (Å²) in [6.07, 6.45) is 0. The predicted octanol–water partition coefficient (Wildman–Crippen LogP) is -0.0265. The quantitative estimate of drug-likeness (QED) is 0.709. The minimum atomic E-state index is -1.05. The van der Waals surface area contributed by atoms with Gasteiger partial charge in [0.25, 0.3) is 0 Å². The number of anilines is 1. The lowest BCUT2D eigenvalue weighted by atomic mass is 10.4. The number of aliphatic carboxylic acids is 1. The minimum absolute atomic E-state index is 0.0262. The number of likely N-dealkylation sites (N-methyl/N-ethyl adjacent to an activating group) is 1. The highest BCUT2D eigenvalue weighted by Crippen LogP contribution is 2.14. The van der Waals surface area contributed by atoms with Crippen molar-refractivity contribution in [3.05, 3.63) is 18.2 Å². The van der Waals surface area contributed by atoms with Gasteiger partial charge in [0.2, 0.25) is 5.88 Å². The third-order valence-corrected chi connectivity index (χ3v) is 1.88. The number of carbonyl (C=O) groups is 1. The van der Waals surface area contributed by atoms with E-state index in [0.717, 1.165) is 0 Å². The number of aliphatic hydroxyl groups is 1. The molecule has 88 valence electrons. The maximum absolute atomic E-state index is 10.3. The van der Waals surface area contributed by atoms with Gasteiger partial charge in [-0.25, -0.2) is 4.79 Å². The van der Waals surface area contributed by atoms with Gasteiger partial charge < -0.3 is 19.8 Å². The molecule has 0 fully saturated rings. The molecular weight excluding hydrogens is 212 g/mol. The van der Waals surface area contributed by atoms with Gasteiger partial charge in [0, 0.05) is 19.7 Å². The van der Waals surface area contributed by atoms with Crippen molar-refractivity contribution in [3.8, 4) is 5.88 Å². The van der Waals surface area contributed by atoms with Crippen molar-refractivity contribution in [2.24, 2.45) is 0 Å². The third kappa shape index (κ3) is 3.74. The highest BCUT2D eigenvalue weighted by atomic mass is 16.5. The van der Waals surface area contributed by atoms with Crippen molar-refractivity contribution in [2.45, 2.75) is 0 Å². The van der Waals surface area contributed by atoms with E-state index in [1.165, 1.54) is 0 Å². The zero-order valence-electron chi connectivity index (χ0n) is 8.96. The average Bonchev–Trinajstić information content (AvgIpc) is 2.27. The number of nitrogens with zero attached hydrogens (tertiary/aromatic N) is 2. The molecule has 1 aromatic rings. The smallest absolute Gasteiger partial charge is 0.341 e. The van der Waals surface area contributed by atoms with E-state index in [9.17, 15) is 4.79 Å². The predicted molar refractivity (Wildman–Crippen MR) is 57.7 cm³/mol. The molecule has 6 heteroatoms. The first-order chi connectivity index (χ1) is 7.63. The molecule has 0 radical (unpaired) electrons. The number of carboxylic acids is 1. The molecule has 0 spiro atoms. The number of carboxylic acid groups (broad SMARTS) is 1. The second kappa shape index (κ2) is 5.92. The Bertz CT molecular complexity index is 356. The number of aromatic nitrogens is 1. The van der Waals surface area contributed by atoms with E-state index in [4.69, 9.17) is 14.9 Å². The van der Waals surface area contributed by atoms with Crippen molar-refractivity contribution < 1.29 is 19.7 Å². The van der Waals surface area contributed by atoms with Gasteiger partial charge in [-0.3, -0.25) is 0 Å². The van der Waals surface area contributed by atoms with E-state index in [1.54, 1.807) is 30.1 Å². The van der Waals surface area contributed by atoms with Crippen LogP contribution in [0.2, 0.25) is 0 Å². The first kappa shape index (κ1) is 12.3. The lowest BCUT2D eigenvalue weighted by molar-refractivity contribution is -0.139. The standard InChI is InChI=1S/C10H14N2O4/c1-12(5-6-13)8-3-2-4-9(11-8)16-7-10(14)15/h2-4,13H,5-7H2,1H3,(H,14,15). The van der Waals surface area contributed by atoms with Crippen LogP contribution in [0, 0.1) is 0 Å². The molecule has 0 aliphatic heterocycles. The monoisotopic (exact) mass is 226 g/mol. The summed E-state index contributed by atoms with van der Waals surface area (Å²) in [4.78, 5) is 16.1. The Morgan fingerprint density at radius 1 is 1.56 bits per heavy atom. The van der Waals surface area contributed by atoms with Crippen LogP contribution < -0.4 is 9.64 Å². The number of rotatable bonds is 6. The van der Waals surface area contributed by atoms with Gasteiger partial charge in [0.1, 0.15) is 5.82 Å². The van der Waals surface area contributed by atoms with Crippen LogP contribution in [0.15, 0.2) is 18.2 Å². The summed E-state index contributed by atoms with van der Waals surface area (Å²) in [7, 11) is 1.78. The van der Waals surface area contributed by atoms with Gasteiger partial charge in [0.15, 0.2) is 6.61 Å². The summed E-state index contributed by atoms with van der Waals surface area (Å²) in [6.45, 7) is 0.0634. The van der Waals surface area contributed by atoms with Crippen molar-refractivity contribution in [1.29, 1.82) is 0 Å². The second-order valence-electron chi connectivity index (χ2n) is 3.16. The third-order valence-electron chi connectivity index (χ3n) is 1.88. The van der Waals surface area contributed by atoms with Gasteiger partial charge in [-0.1, -0.05) is 6.07 Å². The van der Waals surface area contributed by atoms with E-state index < -0.39 is 12.6 Å². The molecule has 0 unspecified atom stereocenters. The number of hydrogen-bond acceptors (Lipinski definition) is 5. The largest absolute Gasteiger partial charge is 0.479 e. The molecular formula is C10H14N2O4. The van der Waals surface area contributed by atoms with E-state index in [0.29, 0.717) is 12.4 Å². The maximum Gasteiger partial charge on any atom is 0.341 e. The molecule has 0 saturated heterocycles. The van der Waals surface area contributed by atoms with Crippen LogP contribution in [0.25, 0.3) is 0 Å². The highest BCUT2D eigenvalue weighted by Gasteiger charge is 2.04. The fraction of sp³-hybridized carbons (Fsp3) is 0.400. The summed E-state index contributed by atoms with van der Waals surface area (Å²) in [5, 5.41) is 17.2. The maximum atomic E-state index is 10.3. The molecule has 1 rings (SSSR count). The molecule has 1 aromatic heterocycles. The van der Waals surface area contributed by atoms with Crippen LogP contribution in [0.1, 0.15) is 0 Å². The Morgan fingerprint density at radius 2 is 2.31 bits per heavy atom. The van der Waals surface area contributed by atoms with Gasteiger partial charge in [0.05, 0.1) is 6.61 Å². The molecule has 2 N–H and O–H groups in total. The number of pyridine rings is 1. The molecule has 0 amide bonds. The number of ether oxygens (including phenoxy) is 1. The first-order valence-corrected chi connectivity index (χ1v) is 4.77. The lowest BCUT2D eigenvalue weighted by Crippen LogP contribution is -2.22. The molecule has 0 aliphatic carbocycles. The Kier molecular flexibility index (Phi) is 4.53. The zero-order valence-corrected chi connectivity index (χ0v) is 8.96. The first-order valence-electron chi connectivity index (χ1n) is 4.77. The van der Waals surface area contributed by atoms with Crippen LogP contribution in [0.5, 0.6) is 5.88 Å². The molecule has 0 saturated carbocycles. The van der Waals surface area contributed by atoms with Gasteiger partial charge in [-0.2, -0.15) is 4.98 Å². The summed E-state index contributed by atoms with van der Waals surface area (Å²) < 4.78 is 4.94. The molecule has 0 bridgehead atoms. The van der Waals surface area contributed by atoms with Crippen LogP contribution >= 0.6 is 0 Å². The van der Waals surface area contributed by atoms with Crippen molar-refractivity contribution in [3.63, 3.8) is 0 Å². The molecule has 0 aliphatic rings. The average molecular weight is 226 g/mol. The summed E-state index contributed by atoms with van der Waals surface area (Å²) in [6, 6.07) is 5.05. The Labute approximate surface area is 93.1 Å². The van der Waals surface area contributed by atoms with E-state index in [2.05, 4.69) is 4.98 Å². The fourth-order valence-electron chi connectivity index (χ4n) is 1.10. The van der Waals surface area contributed by atoms with Crippen molar-refractivity contribution >= 4 is 11.8 Å². The van der Waals surface area contributed by atoms with Crippen LogP contribution in [-0.2, 0) is 4.79 Å². The summed E-state index contributed by atoms with van der Waals surface area (Å²) in [5.74, 6) is -0.169. The minimum Gasteiger partial charge on any atom is -0.479 e. The van der Waals surface area contributed by atoms with Crippen LogP contribution in [0.3, 0.4) is 0 Å². The van der Waals surface area contributed by atoms with Crippen LogP contribution in [0.4, 0.5) is 5.82 Å². The van der Waals surface area contributed by atoms with Crippen molar-refractivity contribution in [2.75, 3.05) is 31.7 Å². The normalized spacial score (nSPS) is 9.88. The lowest BCUT2D eigenvalue weighted by Gasteiger charge is -2.16. The van der Waals surface area contributed by atoms with Crippen LogP contribution in [-0.4, -0.2) is 48.0 Å².